The highest BCUT2D eigenvalue weighted by atomic mass is 32.1. The normalized spacial score (nSPS) is 22.5. The van der Waals surface area contributed by atoms with Gasteiger partial charge in [-0.2, -0.15) is 0 Å². The van der Waals surface area contributed by atoms with E-state index < -0.39 is 0 Å². The standard InChI is InChI=1S/C15H18N4OS/c20-15(13-9-21-14(17-13)11-3-4-11)18-6-1-2-12(8-18)19-7-5-16-10-19/h5,7,9-12H,1-4,6,8H2/t12-/m0/s1. The third-order valence-electron chi connectivity index (χ3n) is 4.30. The van der Waals surface area contributed by atoms with Gasteiger partial charge < -0.3 is 9.47 Å². The lowest BCUT2D eigenvalue weighted by molar-refractivity contribution is 0.0674. The van der Waals surface area contributed by atoms with Crippen molar-refractivity contribution in [2.24, 2.45) is 0 Å². The number of thiazole rings is 1. The maximum absolute atomic E-state index is 12.6. The Morgan fingerprint density at radius 1 is 1.33 bits per heavy atom. The number of nitrogens with zero attached hydrogens (tertiary/aromatic N) is 4. The van der Waals surface area contributed by atoms with E-state index in [1.807, 2.05) is 22.8 Å². The molecule has 5 nitrogen and oxygen atoms in total. The molecule has 0 N–H and O–H groups in total. The van der Waals surface area contributed by atoms with Crippen molar-refractivity contribution in [2.75, 3.05) is 13.1 Å². The quantitative estimate of drug-likeness (QED) is 0.876. The molecule has 1 amide bonds. The molecule has 4 rings (SSSR count). The summed E-state index contributed by atoms with van der Waals surface area (Å²) in [5.41, 5.74) is 0.633. The van der Waals surface area contributed by atoms with E-state index in [1.54, 1.807) is 17.5 Å². The summed E-state index contributed by atoms with van der Waals surface area (Å²) in [5, 5.41) is 3.07. The molecule has 0 unspecified atom stereocenters. The Labute approximate surface area is 127 Å². The molecule has 1 saturated heterocycles. The maximum atomic E-state index is 12.6. The lowest BCUT2D eigenvalue weighted by Gasteiger charge is -2.32. The highest BCUT2D eigenvalue weighted by Crippen LogP contribution is 2.41. The van der Waals surface area contributed by atoms with E-state index in [4.69, 9.17) is 0 Å². The summed E-state index contributed by atoms with van der Waals surface area (Å²) in [6.45, 7) is 1.59. The lowest BCUT2D eigenvalue weighted by atomic mass is 10.1. The van der Waals surface area contributed by atoms with Crippen molar-refractivity contribution in [1.82, 2.24) is 19.4 Å². The molecular weight excluding hydrogens is 284 g/mol. The third-order valence-corrected chi connectivity index (χ3v) is 5.31. The molecule has 110 valence electrons. The molecule has 6 heteroatoms. The first-order valence-electron chi connectivity index (χ1n) is 7.53. The lowest BCUT2D eigenvalue weighted by Crippen LogP contribution is -2.40. The van der Waals surface area contributed by atoms with E-state index in [-0.39, 0.29) is 5.91 Å². The summed E-state index contributed by atoms with van der Waals surface area (Å²) in [6.07, 6.45) is 10.2. The first-order chi connectivity index (χ1) is 10.3. The average Bonchev–Trinajstić information content (AvgIpc) is 3.05. The molecule has 1 atom stereocenters. The Balaban J connectivity index is 1.47. The van der Waals surface area contributed by atoms with E-state index in [0.717, 1.165) is 30.9 Å². The largest absolute Gasteiger partial charge is 0.335 e. The highest BCUT2D eigenvalue weighted by Gasteiger charge is 2.30. The second kappa shape index (κ2) is 5.26. The summed E-state index contributed by atoms with van der Waals surface area (Å²) in [4.78, 5) is 23.2. The summed E-state index contributed by atoms with van der Waals surface area (Å²) in [5.74, 6) is 0.708. The second-order valence-electron chi connectivity index (χ2n) is 5.90. The number of carbonyl (C=O) groups is 1. The SMILES string of the molecule is O=C(c1csc(C2CC2)n1)N1CCC[C@H](n2ccnc2)C1. The van der Waals surface area contributed by atoms with E-state index in [9.17, 15) is 4.79 Å². The van der Waals surface area contributed by atoms with Crippen LogP contribution in [0.3, 0.4) is 0 Å². The molecule has 1 saturated carbocycles. The van der Waals surface area contributed by atoms with Crippen LogP contribution in [0.2, 0.25) is 0 Å². The van der Waals surface area contributed by atoms with Crippen LogP contribution in [-0.2, 0) is 0 Å². The maximum Gasteiger partial charge on any atom is 0.273 e. The summed E-state index contributed by atoms with van der Waals surface area (Å²) in [6, 6.07) is 0.340. The molecular formula is C15H18N4OS. The van der Waals surface area contributed by atoms with Crippen molar-refractivity contribution in [3.63, 3.8) is 0 Å². The van der Waals surface area contributed by atoms with Gasteiger partial charge in [-0.3, -0.25) is 4.79 Å². The van der Waals surface area contributed by atoms with Crippen molar-refractivity contribution in [2.45, 2.75) is 37.6 Å². The van der Waals surface area contributed by atoms with Crippen LogP contribution in [0, 0.1) is 0 Å². The number of piperidine rings is 1. The number of rotatable bonds is 3. The van der Waals surface area contributed by atoms with Crippen molar-refractivity contribution in [1.29, 1.82) is 0 Å². The molecule has 0 radical (unpaired) electrons. The molecule has 1 aliphatic carbocycles. The molecule has 0 aromatic carbocycles. The van der Waals surface area contributed by atoms with Gasteiger partial charge in [0.05, 0.1) is 17.4 Å². The number of amides is 1. The number of hydrogen-bond acceptors (Lipinski definition) is 4. The molecule has 1 aliphatic heterocycles. The zero-order valence-electron chi connectivity index (χ0n) is 11.8. The van der Waals surface area contributed by atoms with Crippen LogP contribution in [-0.4, -0.2) is 38.4 Å². The monoisotopic (exact) mass is 302 g/mol. The number of hydrogen-bond donors (Lipinski definition) is 0. The summed E-state index contributed by atoms with van der Waals surface area (Å²) < 4.78 is 2.11. The highest BCUT2D eigenvalue weighted by molar-refractivity contribution is 7.10. The number of aromatic nitrogens is 3. The van der Waals surface area contributed by atoms with Gasteiger partial charge in [0.2, 0.25) is 0 Å². The Bertz CT molecular complexity index is 632. The second-order valence-corrected chi connectivity index (χ2v) is 6.79. The third kappa shape index (κ3) is 2.60. The molecule has 2 aliphatic rings. The summed E-state index contributed by atoms with van der Waals surface area (Å²) >= 11 is 1.64. The van der Waals surface area contributed by atoms with Gasteiger partial charge in [0.25, 0.3) is 5.91 Å². The van der Waals surface area contributed by atoms with Gasteiger partial charge in [-0.1, -0.05) is 0 Å². The minimum Gasteiger partial charge on any atom is -0.335 e. The number of carbonyl (C=O) groups excluding carboxylic acids is 1. The van der Waals surface area contributed by atoms with Crippen LogP contribution in [0.4, 0.5) is 0 Å². The Kier molecular flexibility index (Phi) is 3.25. The van der Waals surface area contributed by atoms with Crippen LogP contribution in [0.1, 0.15) is 53.1 Å². The van der Waals surface area contributed by atoms with Crippen molar-refractivity contribution in [3.8, 4) is 0 Å². The molecule has 3 heterocycles. The fraction of sp³-hybridized carbons (Fsp3) is 0.533. The molecule has 0 bridgehead atoms. The first kappa shape index (κ1) is 13.0. The van der Waals surface area contributed by atoms with Crippen LogP contribution in [0.5, 0.6) is 0 Å². The number of imidazole rings is 1. The minimum atomic E-state index is 0.0861. The summed E-state index contributed by atoms with van der Waals surface area (Å²) in [7, 11) is 0. The Morgan fingerprint density at radius 3 is 3.00 bits per heavy atom. The van der Waals surface area contributed by atoms with Crippen LogP contribution in [0.15, 0.2) is 24.1 Å². The minimum absolute atomic E-state index is 0.0861. The number of likely N-dealkylation sites (tertiary alicyclic amines) is 1. The van der Waals surface area contributed by atoms with Crippen LogP contribution in [0.25, 0.3) is 0 Å². The van der Waals surface area contributed by atoms with E-state index in [1.165, 1.54) is 12.8 Å². The zero-order chi connectivity index (χ0) is 14.2. The first-order valence-corrected chi connectivity index (χ1v) is 8.41. The van der Waals surface area contributed by atoms with Crippen LogP contribution < -0.4 is 0 Å². The van der Waals surface area contributed by atoms with Crippen molar-refractivity contribution < 1.29 is 4.79 Å². The molecule has 2 fully saturated rings. The van der Waals surface area contributed by atoms with Crippen LogP contribution >= 0.6 is 11.3 Å². The molecule has 21 heavy (non-hydrogen) atoms. The van der Waals surface area contributed by atoms with Gasteiger partial charge >= 0.3 is 0 Å². The Morgan fingerprint density at radius 2 is 2.24 bits per heavy atom. The van der Waals surface area contributed by atoms with E-state index >= 15 is 0 Å². The van der Waals surface area contributed by atoms with Crippen molar-refractivity contribution >= 4 is 17.2 Å². The predicted molar refractivity (Wildman–Crippen MR) is 80.5 cm³/mol. The van der Waals surface area contributed by atoms with E-state index in [2.05, 4.69) is 14.5 Å². The van der Waals surface area contributed by atoms with Gasteiger partial charge in [-0.05, 0) is 25.7 Å². The molecule has 2 aromatic heterocycles. The van der Waals surface area contributed by atoms with Crippen molar-refractivity contribution in [3.05, 3.63) is 34.8 Å². The van der Waals surface area contributed by atoms with Gasteiger partial charge in [-0.25, -0.2) is 9.97 Å². The average molecular weight is 302 g/mol. The fourth-order valence-corrected chi connectivity index (χ4v) is 3.90. The smallest absolute Gasteiger partial charge is 0.273 e. The van der Waals surface area contributed by atoms with E-state index in [0.29, 0.717) is 17.7 Å². The Hall–Kier alpha value is -1.69. The van der Waals surface area contributed by atoms with Gasteiger partial charge in [0, 0.05) is 36.8 Å². The van der Waals surface area contributed by atoms with Gasteiger partial charge in [0.1, 0.15) is 5.69 Å². The molecule has 0 spiro atoms. The molecule has 2 aromatic rings. The van der Waals surface area contributed by atoms with Gasteiger partial charge in [0.15, 0.2) is 0 Å². The zero-order valence-corrected chi connectivity index (χ0v) is 12.6. The predicted octanol–water partition coefficient (Wildman–Crippen LogP) is 2.69. The van der Waals surface area contributed by atoms with Gasteiger partial charge in [-0.15, -0.1) is 11.3 Å². The fourth-order valence-electron chi connectivity index (χ4n) is 2.93. The topological polar surface area (TPSA) is 51.0 Å².